The molecule has 0 amide bonds. The van der Waals surface area contributed by atoms with Crippen molar-refractivity contribution in [3.05, 3.63) is 39.7 Å². The molecule has 0 fully saturated rings. The van der Waals surface area contributed by atoms with Crippen molar-refractivity contribution in [1.29, 1.82) is 0 Å². The predicted molar refractivity (Wildman–Crippen MR) is 70.4 cm³/mol. The first kappa shape index (κ1) is 12.1. The highest BCUT2D eigenvalue weighted by Gasteiger charge is 2.10. The molecule has 1 aromatic heterocycles. The van der Waals surface area contributed by atoms with Crippen LogP contribution in [0.1, 0.15) is 5.56 Å². The lowest BCUT2D eigenvalue weighted by molar-refractivity contribution is 0.460. The van der Waals surface area contributed by atoms with Crippen LogP contribution in [0, 0.1) is 6.92 Å². The summed E-state index contributed by atoms with van der Waals surface area (Å²) in [5, 5.41) is 0.183. The van der Waals surface area contributed by atoms with Crippen molar-refractivity contribution in [2.45, 2.75) is 6.92 Å². The lowest BCUT2D eigenvalue weighted by atomic mass is 10.2. The van der Waals surface area contributed by atoms with Gasteiger partial charge in [-0.2, -0.15) is 4.98 Å². The smallest absolute Gasteiger partial charge is 0.247 e. The number of anilines is 1. The number of nitrogens with zero attached hydrogens (tertiary/aromatic N) is 2. The molecule has 0 saturated heterocycles. The van der Waals surface area contributed by atoms with E-state index in [1.54, 1.807) is 0 Å². The summed E-state index contributed by atoms with van der Waals surface area (Å²) in [5.41, 5.74) is 6.93. The Morgan fingerprint density at radius 1 is 1.35 bits per heavy atom. The van der Waals surface area contributed by atoms with Crippen LogP contribution in [0.4, 0.5) is 5.69 Å². The number of hydrogen-bond donors (Lipinski definition) is 1. The molecular formula is C11H9BrClN3O. The molecule has 4 nitrogen and oxygen atoms in total. The van der Waals surface area contributed by atoms with Gasteiger partial charge in [0.05, 0.1) is 0 Å². The van der Waals surface area contributed by atoms with Gasteiger partial charge in [-0.1, -0.05) is 33.6 Å². The second-order valence-electron chi connectivity index (χ2n) is 3.40. The minimum atomic E-state index is 0.183. The minimum Gasteiger partial charge on any atom is -0.437 e. The number of aromatic nitrogens is 2. The molecule has 6 heteroatoms. The molecule has 0 saturated carbocycles. The lowest BCUT2D eigenvalue weighted by Crippen LogP contribution is -1.98. The summed E-state index contributed by atoms with van der Waals surface area (Å²) in [6.07, 6.45) is 1.31. The van der Waals surface area contributed by atoms with Crippen molar-refractivity contribution in [1.82, 2.24) is 9.97 Å². The maximum absolute atomic E-state index is 5.79. The molecule has 0 atom stereocenters. The third kappa shape index (κ3) is 2.68. The summed E-state index contributed by atoms with van der Waals surface area (Å²) in [5.74, 6) is 0.923. The van der Waals surface area contributed by atoms with E-state index >= 15 is 0 Å². The van der Waals surface area contributed by atoms with E-state index in [9.17, 15) is 0 Å². The van der Waals surface area contributed by atoms with Crippen molar-refractivity contribution < 1.29 is 4.74 Å². The number of rotatable bonds is 2. The molecule has 1 aromatic carbocycles. The van der Waals surface area contributed by atoms with Crippen LogP contribution in [0.3, 0.4) is 0 Å². The summed E-state index contributed by atoms with van der Waals surface area (Å²) in [4.78, 5) is 7.71. The molecule has 0 unspecified atom stereocenters. The molecule has 0 bridgehead atoms. The molecule has 2 rings (SSSR count). The third-order valence-electron chi connectivity index (χ3n) is 2.16. The Morgan fingerprint density at radius 3 is 2.88 bits per heavy atom. The Bertz CT molecular complexity index is 562. The molecule has 0 spiro atoms. The van der Waals surface area contributed by atoms with Gasteiger partial charge in [0.15, 0.2) is 5.15 Å². The van der Waals surface area contributed by atoms with Crippen LogP contribution in [-0.2, 0) is 0 Å². The summed E-state index contributed by atoms with van der Waals surface area (Å²) in [7, 11) is 0. The van der Waals surface area contributed by atoms with E-state index < -0.39 is 0 Å². The average molecular weight is 315 g/mol. The van der Waals surface area contributed by atoms with E-state index in [0.717, 1.165) is 10.0 Å². The van der Waals surface area contributed by atoms with Crippen LogP contribution in [-0.4, -0.2) is 9.97 Å². The second kappa shape index (κ2) is 4.89. The summed E-state index contributed by atoms with van der Waals surface area (Å²) in [6.45, 7) is 1.93. The van der Waals surface area contributed by atoms with Crippen molar-refractivity contribution >= 4 is 33.2 Å². The normalized spacial score (nSPS) is 10.3. The maximum Gasteiger partial charge on any atom is 0.247 e. The van der Waals surface area contributed by atoms with Crippen LogP contribution in [0.2, 0.25) is 5.15 Å². The van der Waals surface area contributed by atoms with Gasteiger partial charge in [-0.05, 0) is 24.6 Å². The molecule has 0 aliphatic heterocycles. The van der Waals surface area contributed by atoms with Crippen LogP contribution < -0.4 is 10.5 Å². The van der Waals surface area contributed by atoms with Gasteiger partial charge in [-0.3, -0.25) is 0 Å². The first-order valence-corrected chi connectivity index (χ1v) is 5.95. The Balaban J connectivity index is 2.38. The van der Waals surface area contributed by atoms with Gasteiger partial charge in [0.2, 0.25) is 5.88 Å². The molecule has 0 radical (unpaired) electrons. The van der Waals surface area contributed by atoms with E-state index in [2.05, 4.69) is 25.9 Å². The van der Waals surface area contributed by atoms with E-state index in [-0.39, 0.29) is 16.7 Å². The number of nitrogens with two attached hydrogens (primary N) is 1. The number of ether oxygens (including phenoxy) is 1. The number of aryl methyl sites for hydroxylation is 1. The van der Waals surface area contributed by atoms with Gasteiger partial charge < -0.3 is 10.5 Å². The molecule has 0 aliphatic carbocycles. The van der Waals surface area contributed by atoms with Crippen molar-refractivity contribution in [3.8, 4) is 11.6 Å². The number of benzene rings is 1. The molecular weight excluding hydrogens is 305 g/mol. The van der Waals surface area contributed by atoms with Gasteiger partial charge >= 0.3 is 0 Å². The zero-order valence-electron chi connectivity index (χ0n) is 8.95. The zero-order valence-corrected chi connectivity index (χ0v) is 11.3. The van der Waals surface area contributed by atoms with Crippen molar-refractivity contribution in [3.63, 3.8) is 0 Å². The van der Waals surface area contributed by atoms with Gasteiger partial charge in [-0.15, -0.1) is 0 Å². The van der Waals surface area contributed by atoms with Crippen LogP contribution in [0.15, 0.2) is 29.0 Å². The SMILES string of the molecule is Cc1ccc(Br)cc1Oc1ncnc(Cl)c1N. The largest absolute Gasteiger partial charge is 0.437 e. The van der Waals surface area contributed by atoms with E-state index in [0.29, 0.717) is 5.75 Å². The summed E-state index contributed by atoms with van der Waals surface area (Å²) in [6, 6.07) is 5.70. The first-order chi connectivity index (χ1) is 8.08. The van der Waals surface area contributed by atoms with Gasteiger partial charge in [0.1, 0.15) is 17.8 Å². The third-order valence-corrected chi connectivity index (χ3v) is 2.95. The van der Waals surface area contributed by atoms with Crippen molar-refractivity contribution in [2.24, 2.45) is 0 Å². The van der Waals surface area contributed by atoms with Gasteiger partial charge in [0.25, 0.3) is 0 Å². The highest BCUT2D eigenvalue weighted by Crippen LogP contribution is 2.31. The summed E-state index contributed by atoms with van der Waals surface area (Å²) < 4.78 is 6.52. The van der Waals surface area contributed by atoms with Gasteiger partial charge in [0, 0.05) is 4.47 Å². The zero-order chi connectivity index (χ0) is 12.4. The lowest BCUT2D eigenvalue weighted by Gasteiger charge is -2.10. The van der Waals surface area contributed by atoms with E-state index in [1.165, 1.54) is 6.33 Å². The number of nitrogen functional groups attached to an aromatic ring is 1. The topological polar surface area (TPSA) is 61.0 Å². The number of hydrogen-bond acceptors (Lipinski definition) is 4. The fourth-order valence-electron chi connectivity index (χ4n) is 1.23. The fraction of sp³-hybridized carbons (Fsp3) is 0.0909. The minimum absolute atomic E-state index is 0.183. The van der Waals surface area contributed by atoms with Crippen LogP contribution in [0.5, 0.6) is 11.6 Å². The first-order valence-electron chi connectivity index (χ1n) is 4.78. The quantitative estimate of drug-likeness (QED) is 0.861. The Labute approximate surface area is 112 Å². The molecule has 2 N–H and O–H groups in total. The molecule has 17 heavy (non-hydrogen) atoms. The monoisotopic (exact) mass is 313 g/mol. The summed E-state index contributed by atoms with van der Waals surface area (Å²) >= 11 is 9.16. The molecule has 88 valence electrons. The Morgan fingerprint density at radius 2 is 2.12 bits per heavy atom. The van der Waals surface area contributed by atoms with Gasteiger partial charge in [-0.25, -0.2) is 4.98 Å². The van der Waals surface area contributed by atoms with E-state index in [1.807, 2.05) is 25.1 Å². The average Bonchev–Trinajstić information content (AvgIpc) is 2.30. The predicted octanol–water partition coefficient (Wildman–Crippen LogP) is 3.58. The Kier molecular flexibility index (Phi) is 3.49. The highest BCUT2D eigenvalue weighted by atomic mass is 79.9. The molecule has 0 aliphatic rings. The highest BCUT2D eigenvalue weighted by molar-refractivity contribution is 9.10. The van der Waals surface area contributed by atoms with Crippen molar-refractivity contribution in [2.75, 3.05) is 5.73 Å². The van der Waals surface area contributed by atoms with Crippen LogP contribution in [0.25, 0.3) is 0 Å². The standard InChI is InChI=1S/C11H9BrClN3O/c1-6-2-3-7(12)4-8(6)17-11-9(14)10(13)15-5-16-11/h2-5H,14H2,1H3. The second-order valence-corrected chi connectivity index (χ2v) is 4.67. The van der Waals surface area contributed by atoms with E-state index in [4.69, 9.17) is 22.1 Å². The van der Waals surface area contributed by atoms with Crippen LogP contribution >= 0.6 is 27.5 Å². The molecule has 1 heterocycles. The maximum atomic E-state index is 5.79. The Hall–Kier alpha value is -1.33. The molecule has 2 aromatic rings. The fourth-order valence-corrected chi connectivity index (χ4v) is 1.69. The number of halogens is 2.